The van der Waals surface area contributed by atoms with Crippen LogP contribution in [0.15, 0.2) is 0 Å². The third-order valence-corrected chi connectivity index (χ3v) is 3.46. The van der Waals surface area contributed by atoms with E-state index in [9.17, 15) is 0 Å². The molecule has 1 aliphatic rings. The predicted octanol–water partition coefficient (Wildman–Crippen LogP) is 2.54. The van der Waals surface area contributed by atoms with Crippen LogP contribution in [0.2, 0.25) is 0 Å². The quantitative estimate of drug-likeness (QED) is 0.652. The van der Waals surface area contributed by atoms with E-state index in [1.807, 2.05) is 6.26 Å². The Balaban J connectivity index is 2.22. The maximum atomic E-state index is 5.54. The monoisotopic (exact) mass is 203 g/mol. The Morgan fingerprint density at radius 1 is 1.31 bits per heavy atom. The lowest BCUT2D eigenvalue weighted by molar-refractivity contribution is 0.119. The zero-order chi connectivity index (χ0) is 9.68. The summed E-state index contributed by atoms with van der Waals surface area (Å²) in [4.78, 5) is 2.45. The Morgan fingerprint density at radius 2 is 1.92 bits per heavy atom. The zero-order valence-electron chi connectivity index (χ0n) is 8.95. The van der Waals surface area contributed by atoms with Crippen LogP contribution in [0.1, 0.15) is 32.6 Å². The summed E-state index contributed by atoms with van der Waals surface area (Å²) in [5, 5.41) is 0. The van der Waals surface area contributed by atoms with Crippen molar-refractivity contribution in [1.29, 1.82) is 0 Å². The van der Waals surface area contributed by atoms with E-state index in [-0.39, 0.29) is 0 Å². The van der Waals surface area contributed by atoms with Crippen molar-refractivity contribution in [3.8, 4) is 0 Å². The van der Waals surface area contributed by atoms with E-state index in [1.54, 1.807) is 0 Å². The topological polar surface area (TPSA) is 12.5 Å². The molecule has 0 saturated heterocycles. The largest absolute Gasteiger partial charge is 0.312 e. The first kappa shape index (κ1) is 11.3. The average molecular weight is 203 g/mol. The van der Waals surface area contributed by atoms with Gasteiger partial charge in [0, 0.05) is 12.3 Å². The molecule has 0 heterocycles. The molecule has 2 nitrogen and oxygen atoms in total. The molecule has 0 bridgehead atoms. The second-order valence-electron chi connectivity index (χ2n) is 3.77. The zero-order valence-corrected chi connectivity index (χ0v) is 9.77. The Bertz CT molecular complexity index is 135. The Kier molecular flexibility index (Phi) is 5.14. The molecule has 0 spiro atoms. The molecule has 78 valence electrons. The number of nitrogens with zero attached hydrogens (tertiary/aromatic N) is 1. The third-order valence-electron chi connectivity index (χ3n) is 3.00. The van der Waals surface area contributed by atoms with Crippen LogP contribution in [-0.4, -0.2) is 36.9 Å². The standard InChI is InChI=1S/C10H21NOS/c1-4-11(2)9-5-7-10(8-6-9)12-13-3/h9-10H,4-8H2,1-3H3/t9-,10+. The first-order chi connectivity index (χ1) is 6.27. The van der Waals surface area contributed by atoms with Gasteiger partial charge in [0.2, 0.25) is 0 Å². The van der Waals surface area contributed by atoms with E-state index in [0.717, 1.165) is 6.04 Å². The van der Waals surface area contributed by atoms with Gasteiger partial charge in [-0.05, 0) is 51.3 Å². The molecule has 3 heteroatoms. The van der Waals surface area contributed by atoms with E-state index in [0.29, 0.717) is 6.10 Å². The Hall–Kier alpha value is 0.270. The molecule has 1 saturated carbocycles. The van der Waals surface area contributed by atoms with Crippen LogP contribution < -0.4 is 0 Å². The van der Waals surface area contributed by atoms with E-state index >= 15 is 0 Å². The summed E-state index contributed by atoms with van der Waals surface area (Å²) in [6, 6.07) is 0.798. The molecule has 13 heavy (non-hydrogen) atoms. The summed E-state index contributed by atoms with van der Waals surface area (Å²) < 4.78 is 5.54. The summed E-state index contributed by atoms with van der Waals surface area (Å²) in [5.41, 5.74) is 0. The molecule has 0 atom stereocenters. The summed E-state index contributed by atoms with van der Waals surface area (Å²) in [6.07, 6.45) is 7.58. The van der Waals surface area contributed by atoms with Crippen molar-refractivity contribution in [3.05, 3.63) is 0 Å². The minimum absolute atomic E-state index is 0.511. The van der Waals surface area contributed by atoms with Crippen molar-refractivity contribution < 1.29 is 4.18 Å². The van der Waals surface area contributed by atoms with Crippen molar-refractivity contribution in [2.75, 3.05) is 19.8 Å². The van der Waals surface area contributed by atoms with Gasteiger partial charge in [-0.1, -0.05) is 6.92 Å². The highest BCUT2D eigenvalue weighted by Crippen LogP contribution is 2.26. The van der Waals surface area contributed by atoms with E-state index in [4.69, 9.17) is 4.18 Å². The number of rotatable bonds is 4. The van der Waals surface area contributed by atoms with E-state index in [1.165, 1.54) is 44.3 Å². The molecule has 0 aliphatic heterocycles. The molecule has 0 radical (unpaired) electrons. The van der Waals surface area contributed by atoms with Gasteiger partial charge >= 0.3 is 0 Å². The summed E-state index contributed by atoms with van der Waals surface area (Å²) in [6.45, 7) is 3.39. The molecular weight excluding hydrogens is 182 g/mol. The highest BCUT2D eigenvalue weighted by Gasteiger charge is 2.23. The highest BCUT2D eigenvalue weighted by molar-refractivity contribution is 7.93. The first-order valence-electron chi connectivity index (χ1n) is 5.17. The summed E-state index contributed by atoms with van der Waals surface area (Å²) >= 11 is 1.51. The molecule has 0 amide bonds. The van der Waals surface area contributed by atoms with Gasteiger partial charge in [-0.3, -0.25) is 0 Å². The fourth-order valence-corrected chi connectivity index (χ4v) is 2.44. The van der Waals surface area contributed by atoms with Crippen molar-refractivity contribution in [3.63, 3.8) is 0 Å². The van der Waals surface area contributed by atoms with Gasteiger partial charge in [-0.15, -0.1) is 0 Å². The highest BCUT2D eigenvalue weighted by atomic mass is 32.2. The second-order valence-corrected chi connectivity index (χ2v) is 4.29. The van der Waals surface area contributed by atoms with Gasteiger partial charge in [0.05, 0.1) is 6.10 Å². The van der Waals surface area contributed by atoms with Gasteiger partial charge in [0.25, 0.3) is 0 Å². The fraction of sp³-hybridized carbons (Fsp3) is 1.00. The van der Waals surface area contributed by atoms with Gasteiger partial charge in [-0.2, -0.15) is 0 Å². The summed E-state index contributed by atoms with van der Waals surface area (Å²) in [7, 11) is 2.22. The minimum atomic E-state index is 0.511. The van der Waals surface area contributed by atoms with Crippen molar-refractivity contribution >= 4 is 12.0 Å². The maximum Gasteiger partial charge on any atom is 0.0723 e. The molecule has 0 aromatic carbocycles. The van der Waals surface area contributed by atoms with E-state index < -0.39 is 0 Å². The first-order valence-corrected chi connectivity index (χ1v) is 6.32. The average Bonchev–Trinajstić information content (AvgIpc) is 2.18. The number of hydrogen-bond acceptors (Lipinski definition) is 3. The van der Waals surface area contributed by atoms with Crippen LogP contribution in [-0.2, 0) is 4.18 Å². The van der Waals surface area contributed by atoms with Crippen LogP contribution in [0.4, 0.5) is 0 Å². The lowest BCUT2D eigenvalue weighted by Crippen LogP contribution is -2.36. The second kappa shape index (κ2) is 5.89. The van der Waals surface area contributed by atoms with Gasteiger partial charge < -0.3 is 9.08 Å². The lowest BCUT2D eigenvalue weighted by Gasteiger charge is -2.33. The SMILES string of the molecule is CCN(C)[C@H]1CC[C@@H](OSC)CC1. The van der Waals surface area contributed by atoms with E-state index in [2.05, 4.69) is 18.9 Å². The van der Waals surface area contributed by atoms with Gasteiger partial charge in [0.1, 0.15) is 0 Å². The van der Waals surface area contributed by atoms with Crippen molar-refractivity contribution in [2.24, 2.45) is 0 Å². The molecular formula is C10H21NOS. The van der Waals surface area contributed by atoms with Crippen LogP contribution in [0.25, 0.3) is 0 Å². The molecule has 0 unspecified atom stereocenters. The van der Waals surface area contributed by atoms with Gasteiger partial charge in [0.15, 0.2) is 0 Å². The van der Waals surface area contributed by atoms with Crippen molar-refractivity contribution in [1.82, 2.24) is 4.90 Å². The van der Waals surface area contributed by atoms with Crippen molar-refractivity contribution in [2.45, 2.75) is 44.8 Å². The molecule has 0 N–H and O–H groups in total. The minimum Gasteiger partial charge on any atom is -0.312 e. The normalized spacial score (nSPS) is 29.5. The molecule has 1 rings (SSSR count). The lowest BCUT2D eigenvalue weighted by atomic mass is 9.92. The molecule has 1 fully saturated rings. The molecule has 1 aliphatic carbocycles. The third kappa shape index (κ3) is 3.49. The smallest absolute Gasteiger partial charge is 0.0723 e. The summed E-state index contributed by atoms with van der Waals surface area (Å²) in [5.74, 6) is 0. The van der Waals surface area contributed by atoms with Crippen LogP contribution >= 0.6 is 12.0 Å². The fourth-order valence-electron chi connectivity index (χ4n) is 1.98. The Morgan fingerprint density at radius 3 is 2.38 bits per heavy atom. The van der Waals surface area contributed by atoms with Crippen LogP contribution in [0, 0.1) is 0 Å². The van der Waals surface area contributed by atoms with Gasteiger partial charge in [-0.25, -0.2) is 0 Å². The maximum absolute atomic E-state index is 5.54. The Labute approximate surface area is 86.2 Å². The molecule has 0 aromatic rings. The number of hydrogen-bond donors (Lipinski definition) is 0. The molecule has 0 aromatic heterocycles. The predicted molar refractivity (Wildman–Crippen MR) is 58.9 cm³/mol. The van der Waals surface area contributed by atoms with Crippen LogP contribution in [0.3, 0.4) is 0 Å². The van der Waals surface area contributed by atoms with Crippen LogP contribution in [0.5, 0.6) is 0 Å².